The number of nitrogens with zero attached hydrogens (tertiary/aromatic N) is 1. The van der Waals surface area contributed by atoms with E-state index in [-0.39, 0.29) is 18.4 Å². The molecule has 2 N–H and O–H groups in total. The largest absolute Gasteiger partial charge is 0.497 e. The monoisotopic (exact) mass is 389 g/mol. The van der Waals surface area contributed by atoms with Crippen molar-refractivity contribution in [3.63, 3.8) is 0 Å². The van der Waals surface area contributed by atoms with Gasteiger partial charge < -0.3 is 15.4 Å². The Kier molecular flexibility index (Phi) is 7.84. The lowest BCUT2D eigenvalue weighted by Crippen LogP contribution is -2.45. The van der Waals surface area contributed by atoms with Crippen LogP contribution < -0.4 is 15.4 Å². The van der Waals surface area contributed by atoms with E-state index in [1.165, 1.54) is 6.42 Å². The number of carbonyl (C=O) groups is 3. The Morgan fingerprint density at radius 2 is 1.82 bits per heavy atom. The van der Waals surface area contributed by atoms with E-state index in [0.29, 0.717) is 13.0 Å². The smallest absolute Gasteiger partial charge is 0.325 e. The maximum atomic E-state index is 12.7. The number of benzene rings is 1. The van der Waals surface area contributed by atoms with Gasteiger partial charge >= 0.3 is 6.03 Å². The van der Waals surface area contributed by atoms with E-state index in [2.05, 4.69) is 17.6 Å². The number of nitrogens with one attached hydrogen (secondary N) is 2. The highest BCUT2D eigenvalue weighted by Crippen LogP contribution is 2.24. The van der Waals surface area contributed by atoms with Crippen LogP contribution in [0.5, 0.6) is 5.75 Å². The molecule has 0 aliphatic carbocycles. The molecule has 1 fully saturated rings. The molecule has 4 amide bonds. The van der Waals surface area contributed by atoms with Crippen LogP contribution in [0.1, 0.15) is 57.9 Å². The van der Waals surface area contributed by atoms with Gasteiger partial charge in [-0.25, -0.2) is 4.79 Å². The Balaban J connectivity index is 1.82. The summed E-state index contributed by atoms with van der Waals surface area (Å²) >= 11 is 0. The minimum Gasteiger partial charge on any atom is -0.497 e. The van der Waals surface area contributed by atoms with Crippen molar-refractivity contribution >= 4 is 17.8 Å². The number of hydrogen-bond acceptors (Lipinski definition) is 4. The zero-order valence-corrected chi connectivity index (χ0v) is 17.0. The van der Waals surface area contributed by atoms with E-state index < -0.39 is 11.6 Å². The van der Waals surface area contributed by atoms with E-state index in [0.717, 1.165) is 41.9 Å². The number of amides is 4. The first-order chi connectivity index (χ1) is 13.4. The second kappa shape index (κ2) is 10.1. The lowest BCUT2D eigenvalue weighted by Gasteiger charge is -2.21. The predicted molar refractivity (Wildman–Crippen MR) is 107 cm³/mol. The van der Waals surface area contributed by atoms with Gasteiger partial charge in [-0.2, -0.15) is 0 Å². The van der Waals surface area contributed by atoms with Crippen molar-refractivity contribution in [2.75, 3.05) is 13.7 Å². The average Bonchev–Trinajstić information content (AvgIpc) is 2.90. The fourth-order valence-corrected chi connectivity index (χ4v) is 3.29. The average molecular weight is 389 g/mol. The summed E-state index contributed by atoms with van der Waals surface area (Å²) in [6.45, 7) is 3.94. The number of rotatable bonds is 11. The van der Waals surface area contributed by atoms with Crippen molar-refractivity contribution in [3.05, 3.63) is 29.8 Å². The van der Waals surface area contributed by atoms with Crippen LogP contribution in [0.15, 0.2) is 24.3 Å². The summed E-state index contributed by atoms with van der Waals surface area (Å²) in [7, 11) is 1.59. The van der Waals surface area contributed by atoms with Gasteiger partial charge in [0.15, 0.2) is 0 Å². The van der Waals surface area contributed by atoms with Gasteiger partial charge in [-0.15, -0.1) is 0 Å². The molecule has 0 spiro atoms. The summed E-state index contributed by atoms with van der Waals surface area (Å²) in [6.07, 6.45) is 5.97. The standard InChI is InChI=1S/C21H31N3O4/c1-4-5-6-7-8-13-21(2)19(26)24(20(27)23-21)15-18(25)22-14-16-9-11-17(28-3)12-10-16/h9-12H,4-8,13-15H2,1-3H3,(H,22,25)(H,23,27)/t21-/m1/s1. The molecule has 1 aliphatic rings. The quantitative estimate of drug-likeness (QED) is 0.450. The fraction of sp³-hybridized carbons (Fsp3) is 0.571. The maximum absolute atomic E-state index is 12.7. The molecule has 2 rings (SSSR count). The van der Waals surface area contributed by atoms with Crippen LogP contribution in [-0.2, 0) is 16.1 Å². The van der Waals surface area contributed by atoms with Crippen molar-refractivity contribution in [2.24, 2.45) is 0 Å². The van der Waals surface area contributed by atoms with Gasteiger partial charge in [-0.3, -0.25) is 14.5 Å². The van der Waals surface area contributed by atoms with E-state index in [1.54, 1.807) is 14.0 Å². The molecule has 0 unspecified atom stereocenters. The Bertz CT molecular complexity index is 689. The number of ether oxygens (including phenoxy) is 1. The minimum atomic E-state index is -0.917. The van der Waals surface area contributed by atoms with Gasteiger partial charge in [-0.1, -0.05) is 51.2 Å². The second-order valence-electron chi connectivity index (χ2n) is 7.44. The molecule has 154 valence electrons. The number of methoxy groups -OCH3 is 1. The Morgan fingerprint density at radius 3 is 2.46 bits per heavy atom. The molecule has 0 saturated carbocycles. The summed E-state index contributed by atoms with van der Waals surface area (Å²) in [5.41, 5.74) is -0.0113. The van der Waals surface area contributed by atoms with Crippen molar-refractivity contribution in [1.82, 2.24) is 15.5 Å². The molecular weight excluding hydrogens is 358 g/mol. The second-order valence-corrected chi connectivity index (χ2v) is 7.44. The van der Waals surface area contributed by atoms with Crippen LogP contribution in [0.4, 0.5) is 4.79 Å². The lowest BCUT2D eigenvalue weighted by atomic mass is 9.94. The predicted octanol–water partition coefficient (Wildman–Crippen LogP) is 2.98. The van der Waals surface area contributed by atoms with E-state index in [4.69, 9.17) is 4.74 Å². The van der Waals surface area contributed by atoms with Gasteiger partial charge in [0.2, 0.25) is 5.91 Å². The van der Waals surface area contributed by atoms with E-state index in [9.17, 15) is 14.4 Å². The van der Waals surface area contributed by atoms with Gasteiger partial charge in [0, 0.05) is 6.54 Å². The van der Waals surface area contributed by atoms with Crippen LogP contribution >= 0.6 is 0 Å². The summed E-state index contributed by atoms with van der Waals surface area (Å²) < 4.78 is 5.10. The van der Waals surface area contributed by atoms with Crippen LogP contribution in [0.25, 0.3) is 0 Å². The number of hydrogen-bond donors (Lipinski definition) is 2. The minimum absolute atomic E-state index is 0.272. The molecule has 1 saturated heterocycles. The molecule has 1 heterocycles. The Hall–Kier alpha value is -2.57. The van der Waals surface area contributed by atoms with Crippen LogP contribution in [-0.4, -0.2) is 41.9 Å². The molecular formula is C21H31N3O4. The topological polar surface area (TPSA) is 87.7 Å². The summed E-state index contributed by atoms with van der Waals surface area (Å²) in [5, 5.41) is 5.50. The summed E-state index contributed by atoms with van der Waals surface area (Å²) in [4.78, 5) is 38.1. The molecule has 0 radical (unpaired) electrons. The number of carbonyl (C=O) groups excluding carboxylic acids is 3. The van der Waals surface area contributed by atoms with Gasteiger partial charge in [0.25, 0.3) is 5.91 Å². The highest BCUT2D eigenvalue weighted by molar-refractivity contribution is 6.08. The Morgan fingerprint density at radius 1 is 1.14 bits per heavy atom. The third-order valence-electron chi connectivity index (χ3n) is 5.08. The van der Waals surface area contributed by atoms with Crippen LogP contribution in [0.2, 0.25) is 0 Å². The molecule has 1 aromatic rings. The zero-order chi connectivity index (χ0) is 20.6. The number of imide groups is 1. The van der Waals surface area contributed by atoms with Crippen molar-refractivity contribution in [2.45, 2.75) is 64.5 Å². The lowest BCUT2D eigenvalue weighted by molar-refractivity contribution is -0.134. The first kappa shape index (κ1) is 21.7. The van der Waals surface area contributed by atoms with Gasteiger partial charge in [0.1, 0.15) is 17.8 Å². The van der Waals surface area contributed by atoms with E-state index in [1.807, 2.05) is 24.3 Å². The molecule has 1 aromatic carbocycles. The molecule has 7 nitrogen and oxygen atoms in total. The van der Waals surface area contributed by atoms with Crippen molar-refractivity contribution in [1.29, 1.82) is 0 Å². The van der Waals surface area contributed by atoms with E-state index >= 15 is 0 Å². The molecule has 0 aromatic heterocycles. The first-order valence-electron chi connectivity index (χ1n) is 9.93. The molecule has 1 aliphatic heterocycles. The van der Waals surface area contributed by atoms with Crippen LogP contribution in [0, 0.1) is 0 Å². The maximum Gasteiger partial charge on any atom is 0.325 e. The normalized spacial score (nSPS) is 18.9. The first-order valence-corrected chi connectivity index (χ1v) is 9.93. The molecule has 28 heavy (non-hydrogen) atoms. The molecule has 0 bridgehead atoms. The van der Waals surface area contributed by atoms with Crippen molar-refractivity contribution < 1.29 is 19.1 Å². The highest BCUT2D eigenvalue weighted by Gasteiger charge is 2.47. The zero-order valence-electron chi connectivity index (χ0n) is 17.0. The molecule has 1 atom stereocenters. The third-order valence-corrected chi connectivity index (χ3v) is 5.08. The Labute approximate surface area is 166 Å². The molecule has 7 heteroatoms. The van der Waals surface area contributed by atoms with Gasteiger partial charge in [-0.05, 0) is 31.0 Å². The highest BCUT2D eigenvalue weighted by atomic mass is 16.5. The SMILES string of the molecule is CCCCCCC[C@@]1(C)NC(=O)N(CC(=O)NCc2ccc(OC)cc2)C1=O. The number of urea groups is 1. The van der Waals surface area contributed by atoms with Crippen LogP contribution in [0.3, 0.4) is 0 Å². The number of unbranched alkanes of at least 4 members (excludes halogenated alkanes) is 4. The summed E-state index contributed by atoms with van der Waals surface area (Å²) in [6, 6.07) is 6.82. The summed E-state index contributed by atoms with van der Waals surface area (Å²) in [5.74, 6) is 0.0440. The fourth-order valence-electron chi connectivity index (χ4n) is 3.29. The van der Waals surface area contributed by atoms with Gasteiger partial charge in [0.05, 0.1) is 7.11 Å². The van der Waals surface area contributed by atoms with Crippen molar-refractivity contribution in [3.8, 4) is 5.75 Å². The third kappa shape index (κ3) is 5.71.